The summed E-state index contributed by atoms with van der Waals surface area (Å²) in [4.78, 5) is 8.52. The molecule has 0 radical (unpaired) electrons. The Morgan fingerprint density at radius 1 is 1.16 bits per heavy atom. The van der Waals surface area contributed by atoms with E-state index in [1.54, 1.807) is 4.90 Å². The van der Waals surface area contributed by atoms with Crippen LogP contribution in [0.5, 0.6) is 0 Å². The summed E-state index contributed by atoms with van der Waals surface area (Å²) in [6, 6.07) is 0.850. The van der Waals surface area contributed by atoms with Gasteiger partial charge in [0.2, 0.25) is 6.43 Å². The SMILES string of the molecule is FC(F)C1CCN(c2cc(C(F)(F)F)ncn2)CC1. The van der Waals surface area contributed by atoms with Crippen molar-refractivity contribution in [3.63, 3.8) is 0 Å². The minimum atomic E-state index is -4.53. The van der Waals surface area contributed by atoms with E-state index in [4.69, 9.17) is 0 Å². The maximum atomic E-state index is 12.5. The largest absolute Gasteiger partial charge is 0.433 e. The summed E-state index contributed by atoms with van der Waals surface area (Å²) in [6.07, 6.45) is -5.55. The molecule has 0 amide bonds. The van der Waals surface area contributed by atoms with Crippen LogP contribution in [0.3, 0.4) is 0 Å². The van der Waals surface area contributed by atoms with E-state index in [1.807, 2.05) is 0 Å². The summed E-state index contributed by atoms with van der Waals surface area (Å²) >= 11 is 0. The first-order chi connectivity index (χ1) is 8.88. The first kappa shape index (κ1) is 14.0. The van der Waals surface area contributed by atoms with Gasteiger partial charge in [0.15, 0.2) is 0 Å². The summed E-state index contributed by atoms with van der Waals surface area (Å²) in [5.74, 6) is -0.546. The van der Waals surface area contributed by atoms with E-state index in [0.717, 1.165) is 12.4 Å². The Morgan fingerprint density at radius 2 is 1.79 bits per heavy atom. The molecule has 1 fully saturated rings. The zero-order valence-electron chi connectivity index (χ0n) is 9.87. The molecule has 0 aromatic carbocycles. The lowest BCUT2D eigenvalue weighted by atomic mass is 9.97. The summed E-state index contributed by atoms with van der Waals surface area (Å²) in [5, 5.41) is 0. The third kappa shape index (κ3) is 3.30. The monoisotopic (exact) mass is 281 g/mol. The number of halogens is 5. The average Bonchev–Trinajstić information content (AvgIpc) is 2.38. The molecule has 1 aliphatic heterocycles. The van der Waals surface area contributed by atoms with Gasteiger partial charge >= 0.3 is 6.18 Å². The smallest absolute Gasteiger partial charge is 0.356 e. The summed E-state index contributed by atoms with van der Waals surface area (Å²) < 4.78 is 62.4. The number of hydrogen-bond acceptors (Lipinski definition) is 3. The average molecular weight is 281 g/mol. The molecule has 0 N–H and O–H groups in total. The number of aromatic nitrogens is 2. The normalized spacial score (nSPS) is 18.1. The van der Waals surface area contributed by atoms with Gasteiger partial charge in [0.25, 0.3) is 0 Å². The quantitative estimate of drug-likeness (QED) is 0.780. The van der Waals surface area contributed by atoms with Gasteiger partial charge in [-0.2, -0.15) is 13.2 Å². The highest BCUT2D eigenvalue weighted by molar-refractivity contribution is 5.39. The zero-order chi connectivity index (χ0) is 14.0. The lowest BCUT2D eigenvalue weighted by Gasteiger charge is -2.32. The maximum Gasteiger partial charge on any atom is 0.433 e. The molecule has 2 rings (SSSR count). The fraction of sp³-hybridized carbons (Fsp3) is 0.636. The van der Waals surface area contributed by atoms with E-state index in [1.165, 1.54) is 0 Å². The standard InChI is InChI=1S/C11H12F5N3/c12-10(13)7-1-3-19(4-2-7)9-5-8(11(14,15)16)17-6-18-9/h5-7,10H,1-4H2. The highest BCUT2D eigenvalue weighted by Crippen LogP contribution is 2.31. The fourth-order valence-electron chi connectivity index (χ4n) is 2.06. The minimum absolute atomic E-state index is 0.134. The molecule has 0 bridgehead atoms. The molecule has 3 nitrogen and oxygen atoms in total. The molecular formula is C11H12F5N3. The second-order valence-corrected chi connectivity index (χ2v) is 4.42. The second-order valence-electron chi connectivity index (χ2n) is 4.42. The van der Waals surface area contributed by atoms with Crippen molar-refractivity contribution in [2.75, 3.05) is 18.0 Å². The summed E-state index contributed by atoms with van der Waals surface area (Å²) in [7, 11) is 0. The van der Waals surface area contributed by atoms with Crippen LogP contribution in [0.2, 0.25) is 0 Å². The van der Waals surface area contributed by atoms with Crippen LogP contribution >= 0.6 is 0 Å². The molecule has 0 unspecified atom stereocenters. The number of piperidine rings is 1. The van der Waals surface area contributed by atoms with Crippen molar-refractivity contribution >= 4 is 5.82 Å². The Hall–Kier alpha value is -1.47. The number of rotatable bonds is 2. The molecule has 0 atom stereocenters. The summed E-state index contributed by atoms with van der Waals surface area (Å²) in [6.45, 7) is 0.562. The third-order valence-electron chi connectivity index (χ3n) is 3.16. The number of alkyl halides is 5. The van der Waals surface area contributed by atoms with Gasteiger partial charge in [-0.25, -0.2) is 18.7 Å². The first-order valence-corrected chi connectivity index (χ1v) is 5.80. The minimum Gasteiger partial charge on any atom is -0.356 e. The van der Waals surface area contributed by atoms with Gasteiger partial charge in [-0.3, -0.25) is 0 Å². The third-order valence-corrected chi connectivity index (χ3v) is 3.16. The zero-order valence-corrected chi connectivity index (χ0v) is 9.87. The van der Waals surface area contributed by atoms with Crippen LogP contribution in [-0.4, -0.2) is 29.5 Å². The molecule has 1 aromatic heterocycles. The number of hydrogen-bond donors (Lipinski definition) is 0. The fourth-order valence-corrected chi connectivity index (χ4v) is 2.06. The molecule has 0 aliphatic carbocycles. The van der Waals surface area contributed by atoms with Gasteiger partial charge in [0, 0.05) is 25.1 Å². The van der Waals surface area contributed by atoms with Gasteiger partial charge in [-0.1, -0.05) is 0 Å². The van der Waals surface area contributed by atoms with Crippen molar-refractivity contribution in [2.45, 2.75) is 25.4 Å². The van der Waals surface area contributed by atoms with E-state index < -0.39 is 24.2 Å². The molecule has 0 saturated carbocycles. The molecule has 1 aliphatic rings. The van der Waals surface area contributed by atoms with Crippen molar-refractivity contribution in [2.24, 2.45) is 5.92 Å². The van der Waals surface area contributed by atoms with Crippen molar-refractivity contribution in [3.05, 3.63) is 18.1 Å². The van der Waals surface area contributed by atoms with Crippen LogP contribution in [0.1, 0.15) is 18.5 Å². The Bertz CT molecular complexity index is 427. The first-order valence-electron chi connectivity index (χ1n) is 5.80. The molecule has 0 spiro atoms. The number of nitrogens with zero attached hydrogens (tertiary/aromatic N) is 3. The predicted octanol–water partition coefficient (Wildman–Crippen LogP) is 2.98. The molecule has 106 valence electrons. The van der Waals surface area contributed by atoms with Crippen LogP contribution in [0.15, 0.2) is 12.4 Å². The van der Waals surface area contributed by atoms with Crippen molar-refractivity contribution in [1.29, 1.82) is 0 Å². The molecule has 2 heterocycles. The van der Waals surface area contributed by atoms with E-state index in [0.29, 0.717) is 0 Å². The van der Waals surface area contributed by atoms with Crippen LogP contribution in [0.4, 0.5) is 27.8 Å². The molecule has 1 saturated heterocycles. The lowest BCUT2D eigenvalue weighted by molar-refractivity contribution is -0.141. The highest BCUT2D eigenvalue weighted by Gasteiger charge is 2.34. The molecule has 8 heteroatoms. The van der Waals surface area contributed by atoms with E-state index in [9.17, 15) is 22.0 Å². The Morgan fingerprint density at radius 3 is 2.32 bits per heavy atom. The van der Waals surface area contributed by atoms with Crippen molar-refractivity contribution in [1.82, 2.24) is 9.97 Å². The van der Waals surface area contributed by atoms with E-state index in [-0.39, 0.29) is 31.7 Å². The number of anilines is 1. The van der Waals surface area contributed by atoms with Crippen LogP contribution < -0.4 is 4.90 Å². The summed E-state index contributed by atoms with van der Waals surface area (Å²) in [5.41, 5.74) is -1.02. The van der Waals surface area contributed by atoms with E-state index >= 15 is 0 Å². The van der Waals surface area contributed by atoms with E-state index in [2.05, 4.69) is 9.97 Å². The van der Waals surface area contributed by atoms with Gasteiger partial charge in [0.1, 0.15) is 17.8 Å². The Labute approximate surface area is 106 Å². The maximum absolute atomic E-state index is 12.5. The van der Waals surface area contributed by atoms with Gasteiger partial charge in [-0.05, 0) is 12.8 Å². The molecule has 19 heavy (non-hydrogen) atoms. The second kappa shape index (κ2) is 5.26. The lowest BCUT2D eigenvalue weighted by Crippen LogP contribution is -2.36. The van der Waals surface area contributed by atoms with Gasteiger partial charge in [0.05, 0.1) is 0 Å². The van der Waals surface area contributed by atoms with Gasteiger partial charge in [-0.15, -0.1) is 0 Å². The van der Waals surface area contributed by atoms with Crippen LogP contribution in [0, 0.1) is 5.92 Å². The predicted molar refractivity (Wildman–Crippen MR) is 58.0 cm³/mol. The van der Waals surface area contributed by atoms with Crippen LogP contribution in [-0.2, 0) is 6.18 Å². The van der Waals surface area contributed by atoms with Crippen molar-refractivity contribution in [3.8, 4) is 0 Å². The van der Waals surface area contributed by atoms with Gasteiger partial charge < -0.3 is 4.90 Å². The molecular weight excluding hydrogens is 269 g/mol. The topological polar surface area (TPSA) is 29.0 Å². The highest BCUT2D eigenvalue weighted by atomic mass is 19.4. The Balaban J connectivity index is 2.08. The van der Waals surface area contributed by atoms with Crippen molar-refractivity contribution < 1.29 is 22.0 Å². The molecule has 1 aromatic rings. The Kier molecular flexibility index (Phi) is 3.86. The van der Waals surface area contributed by atoms with Crippen LogP contribution in [0.25, 0.3) is 0 Å².